The molecule has 1 aromatic heterocycles. The SMILES string of the molecule is O=C1CN(CCn2ccnc2)C(=O)[N]1. The predicted molar refractivity (Wildman–Crippen MR) is 46.3 cm³/mol. The smallest absolute Gasteiger partial charge is 0.336 e. The summed E-state index contributed by atoms with van der Waals surface area (Å²) in [5, 5.41) is 3.29. The average molecular weight is 193 g/mol. The lowest BCUT2D eigenvalue weighted by Gasteiger charge is -2.12. The van der Waals surface area contributed by atoms with Crippen LogP contribution in [0.4, 0.5) is 4.79 Å². The number of imide groups is 1. The molecule has 0 aromatic carbocycles. The van der Waals surface area contributed by atoms with Crippen molar-refractivity contribution in [3.8, 4) is 0 Å². The van der Waals surface area contributed by atoms with Crippen molar-refractivity contribution in [2.45, 2.75) is 6.54 Å². The van der Waals surface area contributed by atoms with Crippen molar-refractivity contribution < 1.29 is 9.59 Å². The fourth-order valence-corrected chi connectivity index (χ4v) is 1.27. The Balaban J connectivity index is 1.87. The van der Waals surface area contributed by atoms with Crippen LogP contribution in [-0.2, 0) is 11.3 Å². The molecule has 1 saturated heterocycles. The zero-order valence-corrected chi connectivity index (χ0v) is 7.46. The van der Waals surface area contributed by atoms with Crippen LogP contribution >= 0.6 is 0 Å². The highest BCUT2D eigenvalue weighted by molar-refractivity contribution is 6.01. The molecular formula is C8H9N4O2. The van der Waals surface area contributed by atoms with Crippen LogP contribution in [0.25, 0.3) is 0 Å². The van der Waals surface area contributed by atoms with Gasteiger partial charge in [0.05, 0.1) is 6.33 Å². The van der Waals surface area contributed by atoms with Gasteiger partial charge in [-0.05, 0) is 0 Å². The Morgan fingerprint density at radius 1 is 1.36 bits per heavy atom. The molecule has 6 nitrogen and oxygen atoms in total. The second-order valence-electron chi connectivity index (χ2n) is 3.01. The number of urea groups is 1. The van der Waals surface area contributed by atoms with Crippen LogP contribution in [0.1, 0.15) is 0 Å². The number of carbonyl (C=O) groups is 2. The molecule has 6 heteroatoms. The van der Waals surface area contributed by atoms with E-state index in [1.54, 1.807) is 18.7 Å². The topological polar surface area (TPSA) is 69.3 Å². The van der Waals surface area contributed by atoms with Crippen molar-refractivity contribution >= 4 is 11.9 Å². The Hall–Kier alpha value is -1.85. The molecule has 0 N–H and O–H groups in total. The number of aromatic nitrogens is 2. The van der Waals surface area contributed by atoms with Crippen molar-refractivity contribution in [1.82, 2.24) is 19.8 Å². The monoisotopic (exact) mass is 193 g/mol. The lowest BCUT2D eigenvalue weighted by atomic mass is 10.5. The number of carbonyl (C=O) groups excluding carboxylic acids is 2. The van der Waals surface area contributed by atoms with Crippen molar-refractivity contribution in [3.63, 3.8) is 0 Å². The molecular weight excluding hydrogens is 184 g/mol. The molecule has 0 bridgehead atoms. The zero-order valence-electron chi connectivity index (χ0n) is 7.46. The van der Waals surface area contributed by atoms with E-state index in [0.29, 0.717) is 13.1 Å². The Kier molecular flexibility index (Phi) is 2.18. The molecule has 3 amide bonds. The lowest BCUT2D eigenvalue weighted by Crippen LogP contribution is -2.29. The van der Waals surface area contributed by atoms with E-state index >= 15 is 0 Å². The summed E-state index contributed by atoms with van der Waals surface area (Å²) in [6.45, 7) is 1.23. The van der Waals surface area contributed by atoms with Gasteiger partial charge in [-0.15, -0.1) is 0 Å². The summed E-state index contributed by atoms with van der Waals surface area (Å²) in [7, 11) is 0. The molecule has 1 aliphatic rings. The summed E-state index contributed by atoms with van der Waals surface area (Å²) in [4.78, 5) is 27.1. The second kappa shape index (κ2) is 3.49. The molecule has 0 spiro atoms. The van der Waals surface area contributed by atoms with Crippen molar-refractivity contribution in [2.75, 3.05) is 13.1 Å². The fraction of sp³-hybridized carbons (Fsp3) is 0.375. The van der Waals surface area contributed by atoms with E-state index in [1.165, 1.54) is 4.90 Å². The van der Waals surface area contributed by atoms with Gasteiger partial charge in [-0.3, -0.25) is 4.79 Å². The molecule has 73 valence electrons. The van der Waals surface area contributed by atoms with Gasteiger partial charge < -0.3 is 9.47 Å². The molecule has 1 aromatic rings. The summed E-state index contributed by atoms with van der Waals surface area (Å²) >= 11 is 0. The fourth-order valence-electron chi connectivity index (χ4n) is 1.27. The van der Waals surface area contributed by atoms with Crippen LogP contribution in [0.5, 0.6) is 0 Å². The maximum Gasteiger partial charge on any atom is 0.347 e. The summed E-state index contributed by atoms with van der Waals surface area (Å²) < 4.78 is 1.84. The van der Waals surface area contributed by atoms with Crippen LogP contribution in [0, 0.1) is 0 Å². The summed E-state index contributed by atoms with van der Waals surface area (Å²) in [5.74, 6) is -0.361. The Morgan fingerprint density at radius 3 is 2.79 bits per heavy atom. The number of hydrogen-bond acceptors (Lipinski definition) is 3. The standard InChI is InChI=1S/C8H9N4O2/c13-7-5-12(8(14)10-7)4-3-11-2-1-9-6-11/h1-2,6H,3-5H2. The molecule has 0 atom stereocenters. The van der Waals surface area contributed by atoms with Crippen molar-refractivity contribution in [1.29, 1.82) is 0 Å². The van der Waals surface area contributed by atoms with Gasteiger partial charge >= 0.3 is 6.03 Å². The first-order chi connectivity index (χ1) is 6.75. The highest BCUT2D eigenvalue weighted by atomic mass is 16.2. The van der Waals surface area contributed by atoms with E-state index in [2.05, 4.69) is 10.3 Å². The predicted octanol–water partition coefficient (Wildman–Crippen LogP) is -0.550. The minimum absolute atomic E-state index is 0.105. The van der Waals surface area contributed by atoms with E-state index in [4.69, 9.17) is 0 Å². The van der Waals surface area contributed by atoms with Gasteiger partial charge in [-0.25, -0.2) is 9.78 Å². The maximum atomic E-state index is 11.1. The van der Waals surface area contributed by atoms with Crippen LogP contribution < -0.4 is 5.32 Å². The van der Waals surface area contributed by atoms with E-state index in [-0.39, 0.29) is 12.5 Å². The first-order valence-electron chi connectivity index (χ1n) is 4.25. The first kappa shape index (κ1) is 8.74. The van der Waals surface area contributed by atoms with E-state index in [9.17, 15) is 9.59 Å². The Bertz CT molecular complexity index is 346. The third-order valence-electron chi connectivity index (χ3n) is 2.00. The quantitative estimate of drug-likeness (QED) is 0.605. The minimum Gasteiger partial charge on any atom is -0.336 e. The number of hydrogen-bond donors (Lipinski definition) is 0. The Labute approximate surface area is 80.5 Å². The molecule has 0 aliphatic carbocycles. The normalized spacial score (nSPS) is 16.1. The molecule has 14 heavy (non-hydrogen) atoms. The molecule has 0 saturated carbocycles. The minimum atomic E-state index is -0.435. The van der Waals surface area contributed by atoms with Crippen LogP contribution in [0.3, 0.4) is 0 Å². The van der Waals surface area contributed by atoms with Crippen LogP contribution in [-0.4, -0.2) is 39.5 Å². The molecule has 0 unspecified atom stereocenters. The largest absolute Gasteiger partial charge is 0.347 e. The van der Waals surface area contributed by atoms with E-state index < -0.39 is 6.03 Å². The van der Waals surface area contributed by atoms with E-state index in [1.807, 2.05) is 4.57 Å². The van der Waals surface area contributed by atoms with Crippen molar-refractivity contribution in [3.05, 3.63) is 18.7 Å². The molecule has 1 radical (unpaired) electrons. The average Bonchev–Trinajstić information content (AvgIpc) is 2.72. The Morgan fingerprint density at radius 2 is 2.21 bits per heavy atom. The van der Waals surface area contributed by atoms with Gasteiger partial charge in [0.1, 0.15) is 6.54 Å². The van der Waals surface area contributed by atoms with Gasteiger partial charge in [0.2, 0.25) is 0 Å². The number of imidazole rings is 1. The van der Waals surface area contributed by atoms with Gasteiger partial charge in [0.25, 0.3) is 5.91 Å². The van der Waals surface area contributed by atoms with Gasteiger partial charge in [0.15, 0.2) is 0 Å². The maximum absolute atomic E-state index is 11.1. The summed E-state index contributed by atoms with van der Waals surface area (Å²) in [6.07, 6.45) is 5.14. The molecule has 2 rings (SSSR count). The summed E-state index contributed by atoms with van der Waals surface area (Å²) in [6, 6.07) is -0.435. The van der Waals surface area contributed by atoms with Gasteiger partial charge in [-0.2, -0.15) is 5.32 Å². The highest BCUT2D eigenvalue weighted by Gasteiger charge is 2.28. The molecule has 1 fully saturated rings. The third kappa shape index (κ3) is 1.73. The number of nitrogens with zero attached hydrogens (tertiary/aromatic N) is 4. The van der Waals surface area contributed by atoms with Crippen molar-refractivity contribution in [2.24, 2.45) is 0 Å². The van der Waals surface area contributed by atoms with Crippen LogP contribution in [0.2, 0.25) is 0 Å². The lowest BCUT2D eigenvalue weighted by molar-refractivity contribution is -0.118. The second-order valence-corrected chi connectivity index (χ2v) is 3.01. The first-order valence-corrected chi connectivity index (χ1v) is 4.25. The van der Waals surface area contributed by atoms with Crippen LogP contribution in [0.15, 0.2) is 18.7 Å². The summed E-state index contributed by atoms with van der Waals surface area (Å²) in [5.41, 5.74) is 0. The highest BCUT2D eigenvalue weighted by Crippen LogP contribution is 2.00. The van der Waals surface area contributed by atoms with Gasteiger partial charge in [-0.1, -0.05) is 0 Å². The van der Waals surface area contributed by atoms with Gasteiger partial charge in [0, 0.05) is 25.5 Å². The number of amides is 3. The number of rotatable bonds is 3. The molecule has 2 heterocycles. The molecule has 1 aliphatic heterocycles. The third-order valence-corrected chi connectivity index (χ3v) is 2.00. The van der Waals surface area contributed by atoms with E-state index in [0.717, 1.165) is 0 Å². The zero-order chi connectivity index (χ0) is 9.97.